The highest BCUT2D eigenvalue weighted by molar-refractivity contribution is 6.31. The third-order valence-corrected chi connectivity index (χ3v) is 3.34. The highest BCUT2D eigenvalue weighted by Crippen LogP contribution is 2.18. The van der Waals surface area contributed by atoms with Crippen molar-refractivity contribution in [1.82, 2.24) is 0 Å². The lowest BCUT2D eigenvalue weighted by Gasteiger charge is -2.06. The lowest BCUT2D eigenvalue weighted by atomic mass is 10.1. The van der Waals surface area contributed by atoms with E-state index in [1.165, 1.54) is 0 Å². The fraction of sp³-hybridized carbons (Fsp3) is 0.133. The summed E-state index contributed by atoms with van der Waals surface area (Å²) in [7, 11) is 0. The minimum atomic E-state index is -0.114. The maximum Gasteiger partial charge on any atom is 0.200 e. The van der Waals surface area contributed by atoms with Crippen LogP contribution in [-0.2, 0) is 0 Å². The Morgan fingerprint density at radius 1 is 1.11 bits per heavy atom. The van der Waals surface area contributed by atoms with Crippen LogP contribution in [-0.4, -0.2) is 12.4 Å². The molecule has 19 heavy (non-hydrogen) atoms. The van der Waals surface area contributed by atoms with E-state index in [-0.39, 0.29) is 12.4 Å². The summed E-state index contributed by atoms with van der Waals surface area (Å²) in [5.74, 6) is 0.493. The number of Topliss-reactive ketones (excluding diaryl/α,β-unsaturated/α-hetero) is 1. The topological polar surface area (TPSA) is 26.3 Å². The Hall–Kier alpha value is -1.51. The molecule has 2 aromatic carbocycles. The lowest BCUT2D eigenvalue weighted by molar-refractivity contribution is 0.0921. The van der Waals surface area contributed by atoms with E-state index in [9.17, 15) is 4.79 Å². The molecular formula is C15H12Cl2O2. The van der Waals surface area contributed by atoms with Gasteiger partial charge in [0.2, 0.25) is 0 Å². The van der Waals surface area contributed by atoms with Crippen LogP contribution in [0.5, 0.6) is 5.75 Å². The summed E-state index contributed by atoms with van der Waals surface area (Å²) < 4.78 is 5.40. The van der Waals surface area contributed by atoms with Gasteiger partial charge in [0.1, 0.15) is 5.75 Å². The molecule has 2 nitrogen and oxygen atoms in total. The molecule has 0 aliphatic carbocycles. The molecule has 2 aromatic rings. The lowest BCUT2D eigenvalue weighted by Crippen LogP contribution is -2.11. The van der Waals surface area contributed by atoms with Crippen LogP contribution in [0, 0.1) is 6.92 Å². The number of hydrogen-bond donors (Lipinski definition) is 0. The molecule has 98 valence electrons. The van der Waals surface area contributed by atoms with Crippen molar-refractivity contribution >= 4 is 29.0 Å². The Kier molecular flexibility index (Phi) is 4.46. The zero-order valence-corrected chi connectivity index (χ0v) is 11.8. The smallest absolute Gasteiger partial charge is 0.200 e. The molecule has 2 rings (SSSR count). The zero-order chi connectivity index (χ0) is 13.8. The van der Waals surface area contributed by atoms with E-state index >= 15 is 0 Å². The largest absolute Gasteiger partial charge is 0.485 e. The SMILES string of the molecule is Cc1ccc(C(=O)COc2ccc(Cl)cc2)cc1Cl. The van der Waals surface area contributed by atoms with Gasteiger partial charge in [-0.15, -0.1) is 0 Å². The van der Waals surface area contributed by atoms with Crippen molar-refractivity contribution in [3.8, 4) is 5.75 Å². The predicted molar refractivity (Wildman–Crippen MR) is 77.5 cm³/mol. The van der Waals surface area contributed by atoms with Crippen LogP contribution in [0.4, 0.5) is 0 Å². The average Bonchev–Trinajstić information content (AvgIpc) is 2.41. The third kappa shape index (κ3) is 3.72. The quantitative estimate of drug-likeness (QED) is 0.773. The van der Waals surface area contributed by atoms with Gasteiger partial charge < -0.3 is 4.74 Å². The molecule has 0 radical (unpaired) electrons. The molecule has 0 saturated carbocycles. The zero-order valence-electron chi connectivity index (χ0n) is 10.3. The molecule has 0 N–H and O–H groups in total. The van der Waals surface area contributed by atoms with E-state index in [2.05, 4.69) is 0 Å². The van der Waals surface area contributed by atoms with Crippen LogP contribution < -0.4 is 4.74 Å². The Morgan fingerprint density at radius 2 is 1.79 bits per heavy atom. The first-order valence-corrected chi connectivity index (χ1v) is 6.49. The van der Waals surface area contributed by atoms with E-state index in [0.29, 0.717) is 21.4 Å². The van der Waals surface area contributed by atoms with Gasteiger partial charge in [0.25, 0.3) is 0 Å². The fourth-order valence-electron chi connectivity index (χ4n) is 1.53. The van der Waals surface area contributed by atoms with Gasteiger partial charge in [-0.2, -0.15) is 0 Å². The molecule has 0 aromatic heterocycles. The Balaban J connectivity index is 2.01. The van der Waals surface area contributed by atoms with Gasteiger partial charge in [-0.1, -0.05) is 35.3 Å². The second-order valence-electron chi connectivity index (χ2n) is 4.13. The number of carbonyl (C=O) groups is 1. The average molecular weight is 295 g/mol. The summed E-state index contributed by atoms with van der Waals surface area (Å²) in [5, 5.41) is 1.21. The molecule has 0 fully saturated rings. The number of benzene rings is 2. The highest BCUT2D eigenvalue weighted by Gasteiger charge is 2.08. The van der Waals surface area contributed by atoms with Crippen LogP contribution in [0.25, 0.3) is 0 Å². The van der Waals surface area contributed by atoms with E-state index in [0.717, 1.165) is 5.56 Å². The number of hydrogen-bond acceptors (Lipinski definition) is 2. The molecule has 0 unspecified atom stereocenters. The number of halogens is 2. The number of ether oxygens (including phenoxy) is 1. The summed E-state index contributed by atoms with van der Waals surface area (Å²) in [6.45, 7) is 1.86. The summed E-state index contributed by atoms with van der Waals surface area (Å²) in [4.78, 5) is 11.9. The van der Waals surface area contributed by atoms with E-state index in [1.807, 2.05) is 13.0 Å². The molecule has 4 heteroatoms. The first-order chi connectivity index (χ1) is 9.06. The van der Waals surface area contributed by atoms with Crippen molar-refractivity contribution in [2.45, 2.75) is 6.92 Å². The number of ketones is 1. The molecule has 0 bridgehead atoms. The monoisotopic (exact) mass is 294 g/mol. The van der Waals surface area contributed by atoms with Gasteiger partial charge in [-0.05, 0) is 42.8 Å². The maximum absolute atomic E-state index is 11.9. The second-order valence-corrected chi connectivity index (χ2v) is 4.97. The number of rotatable bonds is 4. The van der Waals surface area contributed by atoms with Gasteiger partial charge >= 0.3 is 0 Å². The Labute approximate surface area is 121 Å². The van der Waals surface area contributed by atoms with Crippen molar-refractivity contribution in [3.63, 3.8) is 0 Å². The first-order valence-electron chi connectivity index (χ1n) is 5.74. The normalized spacial score (nSPS) is 10.3. The minimum Gasteiger partial charge on any atom is -0.485 e. The van der Waals surface area contributed by atoms with Gasteiger partial charge in [-0.25, -0.2) is 0 Å². The third-order valence-electron chi connectivity index (χ3n) is 2.68. The first kappa shape index (κ1) is 13.9. The van der Waals surface area contributed by atoms with E-state index in [1.54, 1.807) is 36.4 Å². The van der Waals surface area contributed by atoms with Crippen molar-refractivity contribution in [1.29, 1.82) is 0 Å². The van der Waals surface area contributed by atoms with Crippen LogP contribution >= 0.6 is 23.2 Å². The van der Waals surface area contributed by atoms with Crippen LogP contribution in [0.3, 0.4) is 0 Å². The van der Waals surface area contributed by atoms with E-state index < -0.39 is 0 Å². The maximum atomic E-state index is 11.9. The van der Waals surface area contributed by atoms with Crippen molar-refractivity contribution < 1.29 is 9.53 Å². The predicted octanol–water partition coefficient (Wildman–Crippen LogP) is 4.56. The summed E-state index contributed by atoms with van der Waals surface area (Å²) in [5.41, 5.74) is 1.49. The van der Waals surface area contributed by atoms with E-state index in [4.69, 9.17) is 27.9 Å². The minimum absolute atomic E-state index is 0.0268. The Bertz CT molecular complexity index is 592. The van der Waals surface area contributed by atoms with Crippen LogP contribution in [0.2, 0.25) is 10.0 Å². The summed E-state index contributed by atoms with van der Waals surface area (Å²) >= 11 is 11.8. The fourth-order valence-corrected chi connectivity index (χ4v) is 1.84. The molecule has 0 aliphatic heterocycles. The van der Waals surface area contributed by atoms with Gasteiger partial charge in [0.05, 0.1) is 0 Å². The molecule has 0 aliphatic rings. The van der Waals surface area contributed by atoms with Crippen molar-refractivity contribution in [2.24, 2.45) is 0 Å². The molecule has 0 amide bonds. The van der Waals surface area contributed by atoms with Gasteiger partial charge in [0.15, 0.2) is 12.4 Å². The van der Waals surface area contributed by atoms with Crippen LogP contribution in [0.1, 0.15) is 15.9 Å². The van der Waals surface area contributed by atoms with Gasteiger partial charge in [-0.3, -0.25) is 4.79 Å². The van der Waals surface area contributed by atoms with Crippen molar-refractivity contribution in [2.75, 3.05) is 6.61 Å². The molecule has 0 atom stereocenters. The molecule has 0 heterocycles. The molecule has 0 saturated heterocycles. The Morgan fingerprint density at radius 3 is 2.42 bits per heavy atom. The molecule has 0 spiro atoms. The number of carbonyl (C=O) groups excluding carboxylic acids is 1. The molecular weight excluding hydrogens is 283 g/mol. The summed E-state index contributed by atoms with van der Waals surface area (Å²) in [6.07, 6.45) is 0. The summed E-state index contributed by atoms with van der Waals surface area (Å²) in [6, 6.07) is 12.1. The second kappa shape index (κ2) is 6.09. The highest BCUT2D eigenvalue weighted by atomic mass is 35.5. The number of aryl methyl sites for hydroxylation is 1. The standard InChI is InChI=1S/C15H12Cl2O2/c1-10-2-3-11(8-14(10)17)15(18)9-19-13-6-4-12(16)5-7-13/h2-8H,9H2,1H3. The van der Waals surface area contributed by atoms with Crippen molar-refractivity contribution in [3.05, 3.63) is 63.6 Å². The van der Waals surface area contributed by atoms with Gasteiger partial charge in [0, 0.05) is 15.6 Å². The van der Waals surface area contributed by atoms with Crippen LogP contribution in [0.15, 0.2) is 42.5 Å².